The molecule has 1 saturated heterocycles. The van der Waals surface area contributed by atoms with Crippen LogP contribution in [0.25, 0.3) is 16.0 Å². The van der Waals surface area contributed by atoms with Gasteiger partial charge in [0.1, 0.15) is 0 Å². The van der Waals surface area contributed by atoms with E-state index in [1.54, 1.807) is 0 Å². The normalized spacial score (nSPS) is 16.0. The Labute approximate surface area is 158 Å². The highest BCUT2D eigenvalue weighted by molar-refractivity contribution is 5.69. The van der Waals surface area contributed by atoms with Gasteiger partial charge in [-0.2, -0.15) is 0 Å². The van der Waals surface area contributed by atoms with Crippen molar-refractivity contribution < 1.29 is 0 Å². The van der Waals surface area contributed by atoms with Gasteiger partial charge in [-0.3, -0.25) is 0 Å². The summed E-state index contributed by atoms with van der Waals surface area (Å²) in [4.78, 5) is 8.45. The van der Waals surface area contributed by atoms with Crippen LogP contribution in [0, 0.1) is 19.4 Å². The van der Waals surface area contributed by atoms with Gasteiger partial charge in [0.05, 0.1) is 6.57 Å². The Balaban J connectivity index is 1.70. The van der Waals surface area contributed by atoms with Gasteiger partial charge in [-0.25, -0.2) is 4.85 Å². The van der Waals surface area contributed by atoms with Gasteiger partial charge in [-0.15, -0.1) is 0 Å². The Hall–Kier alpha value is -2.15. The maximum absolute atomic E-state index is 7.23. The van der Waals surface area contributed by atoms with Crippen LogP contribution in [-0.2, 0) is 6.54 Å². The van der Waals surface area contributed by atoms with E-state index < -0.39 is 0 Å². The third-order valence-electron chi connectivity index (χ3n) is 5.31. The van der Waals surface area contributed by atoms with Crippen molar-refractivity contribution in [1.82, 2.24) is 9.80 Å². The molecule has 1 fully saturated rings. The largest absolute Gasteiger partial charge is 0.306 e. The molecule has 0 amide bonds. The smallest absolute Gasteiger partial charge is 0.187 e. The lowest BCUT2D eigenvalue weighted by Crippen LogP contribution is -2.35. The van der Waals surface area contributed by atoms with Crippen LogP contribution >= 0.6 is 0 Å². The van der Waals surface area contributed by atoms with E-state index in [0.717, 1.165) is 18.0 Å². The van der Waals surface area contributed by atoms with Gasteiger partial charge in [0.15, 0.2) is 5.69 Å². The fourth-order valence-corrected chi connectivity index (χ4v) is 3.94. The lowest BCUT2D eigenvalue weighted by molar-refractivity contribution is 0.173. The van der Waals surface area contributed by atoms with Crippen LogP contribution in [0.1, 0.15) is 24.0 Å². The number of hydrogen-bond acceptors (Lipinski definition) is 2. The number of rotatable bonds is 5. The molecule has 0 bridgehead atoms. The molecule has 1 aliphatic heterocycles. The van der Waals surface area contributed by atoms with Crippen molar-refractivity contribution in [3.8, 4) is 11.1 Å². The average Bonchev–Trinajstić information content (AvgIpc) is 2.63. The fourth-order valence-electron chi connectivity index (χ4n) is 3.94. The maximum atomic E-state index is 7.23. The molecule has 3 rings (SSSR count). The van der Waals surface area contributed by atoms with Crippen molar-refractivity contribution in [2.24, 2.45) is 5.92 Å². The molecule has 3 nitrogen and oxygen atoms in total. The summed E-state index contributed by atoms with van der Waals surface area (Å²) in [6.07, 6.45) is 2.62. The third-order valence-corrected chi connectivity index (χ3v) is 5.31. The molecule has 2 aromatic rings. The molecule has 26 heavy (non-hydrogen) atoms. The SMILES string of the molecule is [C-]#[N+]c1cccc(-c2cc(C)cc(CN(C)CC3CCN(C)CC3)c2)c1. The quantitative estimate of drug-likeness (QED) is 0.706. The van der Waals surface area contributed by atoms with Gasteiger partial charge in [-0.1, -0.05) is 35.9 Å². The van der Waals surface area contributed by atoms with Crippen molar-refractivity contribution in [3.05, 3.63) is 65.0 Å². The van der Waals surface area contributed by atoms with Gasteiger partial charge in [0.2, 0.25) is 0 Å². The number of hydrogen-bond donors (Lipinski definition) is 0. The molecule has 0 unspecified atom stereocenters. The summed E-state index contributed by atoms with van der Waals surface area (Å²) < 4.78 is 0. The molecular formula is C23H29N3. The zero-order chi connectivity index (χ0) is 18.5. The first-order valence-electron chi connectivity index (χ1n) is 9.49. The molecule has 0 atom stereocenters. The molecule has 1 aliphatic rings. The second kappa shape index (κ2) is 8.49. The zero-order valence-corrected chi connectivity index (χ0v) is 16.2. The monoisotopic (exact) mass is 347 g/mol. The summed E-state index contributed by atoms with van der Waals surface area (Å²) in [5.41, 5.74) is 5.66. The van der Waals surface area contributed by atoms with E-state index in [1.165, 1.54) is 49.2 Å². The molecule has 136 valence electrons. The Bertz CT molecular complexity index is 782. The predicted molar refractivity (Wildman–Crippen MR) is 109 cm³/mol. The van der Waals surface area contributed by atoms with Crippen molar-refractivity contribution in [3.63, 3.8) is 0 Å². The summed E-state index contributed by atoms with van der Waals surface area (Å²) in [7, 11) is 4.46. The maximum Gasteiger partial charge on any atom is 0.187 e. The van der Waals surface area contributed by atoms with Crippen LogP contribution in [0.5, 0.6) is 0 Å². The van der Waals surface area contributed by atoms with Gasteiger partial charge in [0.25, 0.3) is 0 Å². The van der Waals surface area contributed by atoms with Crippen LogP contribution in [0.2, 0.25) is 0 Å². The predicted octanol–water partition coefficient (Wildman–Crippen LogP) is 4.99. The van der Waals surface area contributed by atoms with E-state index in [-0.39, 0.29) is 0 Å². The lowest BCUT2D eigenvalue weighted by Gasteiger charge is -2.31. The van der Waals surface area contributed by atoms with Gasteiger partial charge >= 0.3 is 0 Å². The second-order valence-electron chi connectivity index (χ2n) is 7.81. The molecule has 3 heteroatoms. The molecule has 2 aromatic carbocycles. The molecule has 0 saturated carbocycles. The molecule has 0 aliphatic carbocycles. The van der Waals surface area contributed by atoms with Gasteiger partial charge in [-0.05, 0) is 81.7 Å². The average molecular weight is 348 g/mol. The minimum Gasteiger partial charge on any atom is -0.306 e. The first-order valence-corrected chi connectivity index (χ1v) is 9.49. The van der Waals surface area contributed by atoms with Crippen molar-refractivity contribution in [1.29, 1.82) is 0 Å². The summed E-state index contributed by atoms with van der Waals surface area (Å²) in [5.74, 6) is 0.816. The minimum atomic E-state index is 0.699. The van der Waals surface area contributed by atoms with E-state index >= 15 is 0 Å². The number of aryl methyl sites for hydroxylation is 1. The number of piperidine rings is 1. The van der Waals surface area contributed by atoms with E-state index in [1.807, 2.05) is 18.2 Å². The lowest BCUT2D eigenvalue weighted by atomic mass is 9.96. The topological polar surface area (TPSA) is 10.8 Å². The third kappa shape index (κ3) is 4.94. The molecule has 0 aromatic heterocycles. The summed E-state index contributed by atoms with van der Waals surface area (Å²) in [5, 5.41) is 0. The van der Waals surface area contributed by atoms with Crippen LogP contribution in [0.3, 0.4) is 0 Å². The first kappa shape index (κ1) is 18.6. The van der Waals surface area contributed by atoms with Crippen LogP contribution in [-0.4, -0.2) is 43.5 Å². The highest BCUT2D eigenvalue weighted by Gasteiger charge is 2.18. The highest BCUT2D eigenvalue weighted by Crippen LogP contribution is 2.27. The molecule has 0 N–H and O–H groups in total. The van der Waals surface area contributed by atoms with E-state index in [2.05, 4.69) is 59.9 Å². The number of benzene rings is 2. The van der Waals surface area contributed by atoms with E-state index in [0.29, 0.717) is 5.69 Å². The Morgan fingerprint density at radius 1 is 1.12 bits per heavy atom. The number of likely N-dealkylation sites (tertiary alicyclic amines) is 1. The fraction of sp³-hybridized carbons (Fsp3) is 0.435. The molecule has 0 spiro atoms. The Kier molecular flexibility index (Phi) is 6.08. The Morgan fingerprint density at radius 3 is 2.62 bits per heavy atom. The van der Waals surface area contributed by atoms with E-state index in [4.69, 9.17) is 6.57 Å². The van der Waals surface area contributed by atoms with Crippen LogP contribution in [0.4, 0.5) is 5.69 Å². The van der Waals surface area contributed by atoms with Gasteiger partial charge in [0, 0.05) is 13.1 Å². The molecule has 1 heterocycles. The van der Waals surface area contributed by atoms with E-state index in [9.17, 15) is 0 Å². The minimum absolute atomic E-state index is 0.699. The zero-order valence-electron chi connectivity index (χ0n) is 16.2. The molecular weight excluding hydrogens is 318 g/mol. The summed E-state index contributed by atoms with van der Waals surface area (Å²) in [6.45, 7) is 14.0. The van der Waals surface area contributed by atoms with Gasteiger partial charge < -0.3 is 9.80 Å². The van der Waals surface area contributed by atoms with Crippen LogP contribution in [0.15, 0.2) is 42.5 Å². The Morgan fingerprint density at radius 2 is 1.88 bits per heavy atom. The second-order valence-corrected chi connectivity index (χ2v) is 7.81. The molecule has 0 radical (unpaired) electrons. The standard InChI is InChI=1S/C23H29N3/c1-18-12-20(17-26(4)16-19-8-10-25(3)11-9-19)14-22(13-18)21-6-5-7-23(15-21)24-2/h5-7,12-15,19H,8-11,16-17H2,1,3-4H3. The summed E-state index contributed by atoms with van der Waals surface area (Å²) in [6, 6.07) is 14.7. The van der Waals surface area contributed by atoms with Crippen molar-refractivity contribution >= 4 is 5.69 Å². The summed E-state index contributed by atoms with van der Waals surface area (Å²) >= 11 is 0. The first-order chi connectivity index (χ1) is 12.5. The van der Waals surface area contributed by atoms with Crippen molar-refractivity contribution in [2.45, 2.75) is 26.3 Å². The number of nitrogens with zero attached hydrogens (tertiary/aromatic N) is 3. The van der Waals surface area contributed by atoms with Crippen molar-refractivity contribution in [2.75, 3.05) is 33.7 Å². The highest BCUT2D eigenvalue weighted by atomic mass is 15.1. The van der Waals surface area contributed by atoms with Crippen LogP contribution < -0.4 is 0 Å².